The Morgan fingerprint density at radius 2 is 1.93 bits per heavy atom. The second-order valence-electron chi connectivity index (χ2n) is 8.43. The molecule has 1 unspecified atom stereocenters. The Morgan fingerprint density at radius 3 is 2.67 bits per heavy atom. The number of hydrogen-bond acceptors (Lipinski definition) is 3. The third kappa shape index (κ3) is 4.31. The predicted octanol–water partition coefficient (Wildman–Crippen LogP) is 4.42. The van der Waals surface area contributed by atoms with Crippen molar-refractivity contribution >= 4 is 34.8 Å². The number of nitrogens with one attached hydrogen (secondary N) is 1. The molecule has 2 amide bonds. The minimum atomic E-state index is -0.121. The lowest BCUT2D eigenvalue weighted by Crippen LogP contribution is -2.34. The molecule has 0 spiro atoms. The SMILES string of the molecule is CC(=O)N1CCc2cc(C(=O)NCc3ccc(N4CCCC(C)C4)c(Cl)c3)ccc21. The van der Waals surface area contributed by atoms with E-state index in [1.807, 2.05) is 24.3 Å². The highest BCUT2D eigenvalue weighted by atomic mass is 35.5. The molecule has 1 N–H and O–H groups in total. The number of benzene rings is 2. The minimum Gasteiger partial charge on any atom is -0.370 e. The molecule has 30 heavy (non-hydrogen) atoms. The number of piperidine rings is 1. The summed E-state index contributed by atoms with van der Waals surface area (Å²) >= 11 is 6.56. The van der Waals surface area contributed by atoms with Crippen molar-refractivity contribution in [3.05, 3.63) is 58.1 Å². The third-order valence-corrected chi connectivity index (χ3v) is 6.38. The Balaban J connectivity index is 1.39. The second-order valence-corrected chi connectivity index (χ2v) is 8.83. The summed E-state index contributed by atoms with van der Waals surface area (Å²) in [6, 6.07) is 11.6. The molecule has 0 aromatic heterocycles. The van der Waals surface area contributed by atoms with Crippen molar-refractivity contribution in [2.75, 3.05) is 29.4 Å². The van der Waals surface area contributed by atoms with E-state index in [0.717, 1.165) is 47.0 Å². The average Bonchev–Trinajstić information content (AvgIpc) is 3.15. The van der Waals surface area contributed by atoms with Gasteiger partial charge in [0.05, 0.1) is 10.7 Å². The van der Waals surface area contributed by atoms with E-state index in [4.69, 9.17) is 11.6 Å². The van der Waals surface area contributed by atoms with Crippen LogP contribution in [0.2, 0.25) is 5.02 Å². The minimum absolute atomic E-state index is 0.0327. The number of halogens is 1. The average molecular weight is 426 g/mol. The third-order valence-electron chi connectivity index (χ3n) is 6.08. The smallest absolute Gasteiger partial charge is 0.251 e. The van der Waals surface area contributed by atoms with Crippen molar-refractivity contribution in [2.24, 2.45) is 5.92 Å². The van der Waals surface area contributed by atoms with E-state index in [-0.39, 0.29) is 11.8 Å². The molecular weight excluding hydrogens is 398 g/mol. The van der Waals surface area contributed by atoms with Gasteiger partial charge in [-0.1, -0.05) is 24.6 Å². The Bertz CT molecular complexity index is 975. The largest absolute Gasteiger partial charge is 0.370 e. The highest BCUT2D eigenvalue weighted by Gasteiger charge is 2.23. The lowest BCUT2D eigenvalue weighted by Gasteiger charge is -2.33. The number of carbonyl (C=O) groups excluding carboxylic acids is 2. The van der Waals surface area contributed by atoms with Gasteiger partial charge in [-0.2, -0.15) is 0 Å². The molecular formula is C24H28ClN3O2. The second kappa shape index (κ2) is 8.68. The van der Waals surface area contributed by atoms with Crippen LogP contribution < -0.4 is 15.1 Å². The lowest BCUT2D eigenvalue weighted by atomic mass is 9.99. The van der Waals surface area contributed by atoms with Gasteiger partial charge in [-0.05, 0) is 66.6 Å². The number of carbonyl (C=O) groups is 2. The Hall–Kier alpha value is -2.53. The fraction of sp³-hybridized carbons (Fsp3) is 0.417. The molecule has 6 heteroatoms. The molecule has 0 bridgehead atoms. The van der Waals surface area contributed by atoms with Gasteiger partial charge in [-0.3, -0.25) is 9.59 Å². The van der Waals surface area contributed by atoms with Crippen LogP contribution in [0.4, 0.5) is 11.4 Å². The first-order valence-electron chi connectivity index (χ1n) is 10.6. The maximum absolute atomic E-state index is 12.6. The van der Waals surface area contributed by atoms with E-state index in [1.54, 1.807) is 17.9 Å². The zero-order valence-electron chi connectivity index (χ0n) is 17.6. The topological polar surface area (TPSA) is 52.7 Å². The van der Waals surface area contributed by atoms with Crippen LogP contribution in [0.25, 0.3) is 0 Å². The van der Waals surface area contributed by atoms with E-state index in [1.165, 1.54) is 12.8 Å². The van der Waals surface area contributed by atoms with Crippen LogP contribution in [0.15, 0.2) is 36.4 Å². The summed E-state index contributed by atoms with van der Waals surface area (Å²) in [5.74, 6) is 0.595. The van der Waals surface area contributed by atoms with Gasteiger partial charge < -0.3 is 15.1 Å². The van der Waals surface area contributed by atoms with Gasteiger partial charge in [0, 0.05) is 44.4 Å². The van der Waals surface area contributed by atoms with Gasteiger partial charge in [0.2, 0.25) is 5.91 Å². The molecule has 0 radical (unpaired) electrons. The highest BCUT2D eigenvalue weighted by molar-refractivity contribution is 6.33. The molecule has 158 valence electrons. The van der Waals surface area contributed by atoms with Gasteiger partial charge >= 0.3 is 0 Å². The van der Waals surface area contributed by atoms with Crippen LogP contribution in [-0.2, 0) is 17.8 Å². The van der Waals surface area contributed by atoms with E-state index in [9.17, 15) is 9.59 Å². The number of fused-ring (bicyclic) bond motifs is 1. The Morgan fingerprint density at radius 1 is 1.13 bits per heavy atom. The molecule has 2 aromatic carbocycles. The van der Waals surface area contributed by atoms with Crippen molar-refractivity contribution in [3.63, 3.8) is 0 Å². The fourth-order valence-corrected chi connectivity index (χ4v) is 4.80. The van der Waals surface area contributed by atoms with Gasteiger partial charge in [0.25, 0.3) is 5.91 Å². The molecule has 1 fully saturated rings. The molecule has 1 saturated heterocycles. The van der Waals surface area contributed by atoms with Crippen molar-refractivity contribution in [1.29, 1.82) is 0 Å². The summed E-state index contributed by atoms with van der Waals surface area (Å²) in [5, 5.41) is 3.72. The number of anilines is 2. The van der Waals surface area contributed by atoms with Crippen molar-refractivity contribution in [3.8, 4) is 0 Å². The molecule has 2 aromatic rings. The zero-order valence-corrected chi connectivity index (χ0v) is 18.3. The summed E-state index contributed by atoms with van der Waals surface area (Å²) < 4.78 is 0. The van der Waals surface area contributed by atoms with Crippen molar-refractivity contribution in [1.82, 2.24) is 5.32 Å². The van der Waals surface area contributed by atoms with Crippen molar-refractivity contribution in [2.45, 2.75) is 39.7 Å². The number of rotatable bonds is 4. The zero-order chi connectivity index (χ0) is 21.3. The van der Waals surface area contributed by atoms with Crippen LogP contribution >= 0.6 is 11.6 Å². The number of amides is 2. The summed E-state index contributed by atoms with van der Waals surface area (Å²) in [5.41, 5.74) is 4.62. The van der Waals surface area contributed by atoms with Gasteiger partial charge in [-0.25, -0.2) is 0 Å². The molecule has 0 saturated carbocycles. The van der Waals surface area contributed by atoms with Crippen LogP contribution in [0.3, 0.4) is 0 Å². The van der Waals surface area contributed by atoms with Crippen LogP contribution in [0.5, 0.6) is 0 Å². The normalized spacial score (nSPS) is 18.3. The van der Waals surface area contributed by atoms with Crippen molar-refractivity contribution < 1.29 is 9.59 Å². The predicted molar refractivity (Wildman–Crippen MR) is 121 cm³/mol. The maximum atomic E-state index is 12.6. The Labute approximate surface area is 183 Å². The monoisotopic (exact) mass is 425 g/mol. The van der Waals surface area contributed by atoms with Crippen LogP contribution in [-0.4, -0.2) is 31.4 Å². The first-order valence-corrected chi connectivity index (χ1v) is 11.0. The quantitative estimate of drug-likeness (QED) is 0.789. The fourth-order valence-electron chi connectivity index (χ4n) is 4.48. The first kappa shape index (κ1) is 20.7. The van der Waals surface area contributed by atoms with E-state index < -0.39 is 0 Å². The molecule has 2 aliphatic rings. The summed E-state index contributed by atoms with van der Waals surface area (Å²) in [7, 11) is 0. The first-order chi connectivity index (χ1) is 14.4. The summed E-state index contributed by atoms with van der Waals surface area (Å²) in [6.45, 7) is 7.02. The molecule has 2 heterocycles. The Kier molecular flexibility index (Phi) is 6.00. The van der Waals surface area contributed by atoms with E-state index in [2.05, 4.69) is 23.2 Å². The summed E-state index contributed by atoms with van der Waals surface area (Å²) in [4.78, 5) is 28.4. The number of nitrogens with zero attached hydrogens (tertiary/aromatic N) is 2. The molecule has 1 atom stereocenters. The van der Waals surface area contributed by atoms with E-state index in [0.29, 0.717) is 24.6 Å². The standard InChI is InChI=1S/C24H28ClN3O2/c1-16-4-3-10-27(15-16)23-7-5-18(12-21(23)25)14-26-24(30)20-6-8-22-19(13-20)9-11-28(22)17(2)29/h5-8,12-13,16H,3-4,9-11,14-15H2,1-2H3,(H,26,30). The van der Waals surface area contributed by atoms with Crippen LogP contribution in [0.1, 0.15) is 48.2 Å². The summed E-state index contributed by atoms with van der Waals surface area (Å²) in [6.07, 6.45) is 3.25. The number of hydrogen-bond donors (Lipinski definition) is 1. The van der Waals surface area contributed by atoms with E-state index >= 15 is 0 Å². The molecule has 5 nitrogen and oxygen atoms in total. The molecule has 0 aliphatic carbocycles. The highest BCUT2D eigenvalue weighted by Crippen LogP contribution is 2.31. The molecule has 4 rings (SSSR count). The maximum Gasteiger partial charge on any atom is 0.251 e. The van der Waals surface area contributed by atoms with Crippen LogP contribution in [0, 0.1) is 5.92 Å². The van der Waals surface area contributed by atoms with Gasteiger partial charge in [0.1, 0.15) is 0 Å². The van der Waals surface area contributed by atoms with Gasteiger partial charge in [0.15, 0.2) is 0 Å². The van der Waals surface area contributed by atoms with Gasteiger partial charge in [-0.15, -0.1) is 0 Å². The molecule has 2 aliphatic heterocycles. The lowest BCUT2D eigenvalue weighted by molar-refractivity contribution is -0.116.